The van der Waals surface area contributed by atoms with Crippen LogP contribution in [0.4, 0.5) is 14.9 Å². The highest BCUT2D eigenvalue weighted by atomic mass is 35.5. The number of nitrogens with zero attached hydrogens (tertiary/aromatic N) is 2. The molecule has 2 saturated carbocycles. The summed E-state index contributed by atoms with van der Waals surface area (Å²) in [7, 11) is 0. The average Bonchev–Trinajstić information content (AvgIpc) is 3.82. The quantitative estimate of drug-likeness (QED) is 0.355. The summed E-state index contributed by atoms with van der Waals surface area (Å²) in [5, 5.41) is 9.05. The first-order chi connectivity index (χ1) is 19.2. The number of nitrogens with one attached hydrogen (secondary N) is 3. The molecule has 1 unspecified atom stereocenters. The van der Waals surface area contributed by atoms with Crippen LogP contribution in [0, 0.1) is 11.7 Å². The molecule has 2 aromatic carbocycles. The van der Waals surface area contributed by atoms with E-state index in [4.69, 9.17) is 11.6 Å². The molecule has 0 radical (unpaired) electrons. The molecule has 2 aliphatic carbocycles. The predicted octanol–water partition coefficient (Wildman–Crippen LogP) is 4.23. The molecule has 1 saturated heterocycles. The molecule has 3 fully saturated rings. The van der Waals surface area contributed by atoms with Gasteiger partial charge < -0.3 is 25.4 Å². The minimum absolute atomic E-state index is 0.000965. The molecule has 3 aromatic rings. The van der Waals surface area contributed by atoms with Crippen LogP contribution in [-0.4, -0.2) is 51.2 Å². The van der Waals surface area contributed by atoms with Gasteiger partial charge in [0.1, 0.15) is 18.4 Å². The third-order valence-corrected chi connectivity index (χ3v) is 8.21. The zero-order valence-electron chi connectivity index (χ0n) is 21.9. The first-order valence-electron chi connectivity index (χ1n) is 13.4. The number of likely N-dealkylation sites (tertiary alicyclic amines) is 1. The summed E-state index contributed by atoms with van der Waals surface area (Å²) in [5.74, 6) is -1.02. The molecule has 0 spiro atoms. The van der Waals surface area contributed by atoms with Gasteiger partial charge in [0.15, 0.2) is 5.78 Å². The fourth-order valence-electron chi connectivity index (χ4n) is 5.63. The summed E-state index contributed by atoms with van der Waals surface area (Å²) in [6.07, 6.45) is 5.00. The van der Waals surface area contributed by atoms with E-state index in [2.05, 4.69) is 16.0 Å². The van der Waals surface area contributed by atoms with Gasteiger partial charge in [-0.3, -0.25) is 14.4 Å². The number of halogens is 2. The number of urea groups is 1. The Hall–Kier alpha value is -3.92. The van der Waals surface area contributed by atoms with Crippen molar-refractivity contribution in [3.63, 3.8) is 0 Å². The van der Waals surface area contributed by atoms with Crippen molar-refractivity contribution in [2.75, 3.05) is 5.32 Å². The number of Topliss-reactive ketones (excluding diaryl/α,β-unsaturated/α-hetero) is 1. The fourth-order valence-corrected chi connectivity index (χ4v) is 5.82. The summed E-state index contributed by atoms with van der Waals surface area (Å²) in [5.41, 5.74) is 1.94. The lowest BCUT2D eigenvalue weighted by atomic mass is 10.1. The first-order valence-corrected chi connectivity index (χ1v) is 13.8. The third-order valence-electron chi connectivity index (χ3n) is 7.92. The number of aromatic nitrogens is 1. The number of hydrogen-bond donors (Lipinski definition) is 3. The Morgan fingerprint density at radius 3 is 2.65 bits per heavy atom. The van der Waals surface area contributed by atoms with Crippen LogP contribution in [-0.2, 0) is 22.7 Å². The SMILES string of the molecule is CC(=O)c1cn(CC(=O)N2C3C[C@@H]3C[C@H]2C(=O)NCc2cccc(Cl)c2F)c2ccc(NC(=O)NC3CC3)cc12. The van der Waals surface area contributed by atoms with Crippen LogP contribution < -0.4 is 16.0 Å². The summed E-state index contributed by atoms with van der Waals surface area (Å²) in [6, 6.07) is 9.13. The van der Waals surface area contributed by atoms with Crippen molar-refractivity contribution in [3.8, 4) is 0 Å². The Bertz CT molecular complexity index is 1550. The van der Waals surface area contributed by atoms with Crippen LogP contribution >= 0.6 is 11.6 Å². The van der Waals surface area contributed by atoms with Gasteiger partial charge in [-0.05, 0) is 62.8 Å². The summed E-state index contributed by atoms with van der Waals surface area (Å²) >= 11 is 5.85. The zero-order chi connectivity index (χ0) is 28.1. The highest BCUT2D eigenvalue weighted by Gasteiger charge is 2.55. The molecule has 40 heavy (non-hydrogen) atoms. The smallest absolute Gasteiger partial charge is 0.319 e. The van der Waals surface area contributed by atoms with E-state index in [1.807, 2.05) is 0 Å². The number of ketones is 1. The van der Waals surface area contributed by atoms with Crippen molar-refractivity contribution in [1.29, 1.82) is 0 Å². The van der Waals surface area contributed by atoms with E-state index in [1.165, 1.54) is 13.0 Å². The molecular formula is C29H29ClFN5O4. The average molecular weight is 566 g/mol. The molecule has 208 valence electrons. The molecule has 3 aliphatic rings. The second-order valence-corrected chi connectivity index (χ2v) is 11.3. The van der Waals surface area contributed by atoms with Crippen molar-refractivity contribution in [2.45, 2.75) is 63.8 Å². The molecule has 0 bridgehead atoms. The fraction of sp³-hybridized carbons (Fsp3) is 0.379. The zero-order valence-corrected chi connectivity index (χ0v) is 22.6. The minimum Gasteiger partial charge on any atom is -0.350 e. The maximum absolute atomic E-state index is 14.3. The van der Waals surface area contributed by atoms with Gasteiger partial charge in [-0.1, -0.05) is 23.7 Å². The molecule has 1 aliphatic heterocycles. The highest BCUT2D eigenvalue weighted by Crippen LogP contribution is 2.48. The predicted molar refractivity (Wildman–Crippen MR) is 148 cm³/mol. The van der Waals surface area contributed by atoms with Crippen LogP contribution in [0.25, 0.3) is 10.9 Å². The molecule has 6 rings (SSSR count). The number of hydrogen-bond acceptors (Lipinski definition) is 4. The van der Waals surface area contributed by atoms with Gasteiger partial charge in [0.2, 0.25) is 11.8 Å². The number of carbonyl (C=O) groups is 4. The number of fused-ring (bicyclic) bond motifs is 2. The van der Waals surface area contributed by atoms with Gasteiger partial charge >= 0.3 is 6.03 Å². The van der Waals surface area contributed by atoms with Crippen molar-refractivity contribution < 1.29 is 23.6 Å². The van der Waals surface area contributed by atoms with E-state index in [1.54, 1.807) is 46.0 Å². The maximum atomic E-state index is 14.3. The monoisotopic (exact) mass is 565 g/mol. The first kappa shape index (κ1) is 26.3. The van der Waals surface area contributed by atoms with Crippen molar-refractivity contribution in [3.05, 3.63) is 64.6 Å². The van der Waals surface area contributed by atoms with E-state index < -0.39 is 11.9 Å². The number of benzene rings is 2. The standard InChI is InChI=1S/C29H29ClFN5O4/c1-15(37)21-13-35(23-8-7-19(11-20(21)23)34-29(40)33-18-5-6-18)14-26(38)36-24-9-17(24)10-25(36)28(39)32-12-16-3-2-4-22(30)27(16)31/h2-4,7-8,11,13,17-18,24-25H,5-6,9-10,12,14H2,1H3,(H,32,39)(H2,33,34,40)/t17-,24?,25+/m1/s1. The third kappa shape index (κ3) is 5.15. The van der Waals surface area contributed by atoms with E-state index in [0.29, 0.717) is 28.6 Å². The van der Waals surface area contributed by atoms with Gasteiger partial charge in [-0.15, -0.1) is 0 Å². The second-order valence-electron chi connectivity index (χ2n) is 10.9. The number of piperidine rings is 1. The molecule has 1 aromatic heterocycles. The molecule has 11 heteroatoms. The van der Waals surface area contributed by atoms with Gasteiger partial charge in [-0.2, -0.15) is 0 Å². The molecule has 9 nitrogen and oxygen atoms in total. The van der Waals surface area contributed by atoms with Crippen LogP contribution in [0.5, 0.6) is 0 Å². The van der Waals surface area contributed by atoms with Crippen LogP contribution in [0.2, 0.25) is 5.02 Å². The summed E-state index contributed by atoms with van der Waals surface area (Å²) in [6.45, 7) is 1.38. The van der Waals surface area contributed by atoms with Gasteiger partial charge in [0.25, 0.3) is 0 Å². The Morgan fingerprint density at radius 1 is 1.10 bits per heavy atom. The Labute approximate surface area is 235 Å². The lowest BCUT2D eigenvalue weighted by molar-refractivity contribution is -0.140. The van der Waals surface area contributed by atoms with Crippen molar-refractivity contribution in [1.82, 2.24) is 20.1 Å². The van der Waals surface area contributed by atoms with E-state index in [-0.39, 0.29) is 65.3 Å². The minimum atomic E-state index is -0.645. The summed E-state index contributed by atoms with van der Waals surface area (Å²) in [4.78, 5) is 53.0. The summed E-state index contributed by atoms with van der Waals surface area (Å²) < 4.78 is 16.0. The molecule has 3 N–H and O–H groups in total. The molecule has 4 amide bonds. The topological polar surface area (TPSA) is 113 Å². The lowest BCUT2D eigenvalue weighted by Crippen LogP contribution is -2.48. The van der Waals surface area contributed by atoms with Gasteiger partial charge in [0.05, 0.1) is 5.02 Å². The van der Waals surface area contributed by atoms with Crippen LogP contribution in [0.1, 0.15) is 48.5 Å². The van der Waals surface area contributed by atoms with Crippen LogP contribution in [0.3, 0.4) is 0 Å². The number of anilines is 1. The van der Waals surface area contributed by atoms with E-state index >= 15 is 0 Å². The van der Waals surface area contributed by atoms with Crippen LogP contribution in [0.15, 0.2) is 42.6 Å². The Morgan fingerprint density at radius 2 is 1.90 bits per heavy atom. The number of amides is 4. The largest absolute Gasteiger partial charge is 0.350 e. The number of rotatable bonds is 8. The molecular weight excluding hydrogens is 537 g/mol. The van der Waals surface area contributed by atoms with Gasteiger partial charge in [0, 0.05) is 52.5 Å². The molecule has 3 atom stereocenters. The van der Waals surface area contributed by atoms with Crippen molar-refractivity contribution in [2.24, 2.45) is 5.92 Å². The van der Waals surface area contributed by atoms with E-state index in [9.17, 15) is 23.6 Å². The number of carbonyl (C=O) groups excluding carboxylic acids is 4. The molecule has 2 heterocycles. The lowest BCUT2D eigenvalue weighted by Gasteiger charge is -2.27. The highest BCUT2D eigenvalue weighted by molar-refractivity contribution is 6.30. The normalized spacial score (nSPS) is 21.2. The second kappa shape index (κ2) is 10.2. The Balaban J connectivity index is 1.18. The Kier molecular flexibility index (Phi) is 6.74. The van der Waals surface area contributed by atoms with E-state index in [0.717, 1.165) is 19.3 Å². The van der Waals surface area contributed by atoms with Gasteiger partial charge in [-0.25, -0.2) is 9.18 Å². The maximum Gasteiger partial charge on any atom is 0.319 e. The van der Waals surface area contributed by atoms with Crippen molar-refractivity contribution >= 4 is 51.8 Å².